The highest BCUT2D eigenvalue weighted by atomic mass is 32.2. The van der Waals surface area contributed by atoms with Crippen LogP contribution in [0.2, 0.25) is 0 Å². The van der Waals surface area contributed by atoms with Crippen molar-refractivity contribution in [2.24, 2.45) is 5.73 Å². The number of carboxylic acids is 1. The summed E-state index contributed by atoms with van der Waals surface area (Å²) >= 11 is 0. The van der Waals surface area contributed by atoms with Crippen LogP contribution in [0.4, 0.5) is 0 Å². The van der Waals surface area contributed by atoms with Gasteiger partial charge in [-0.15, -0.1) is 0 Å². The summed E-state index contributed by atoms with van der Waals surface area (Å²) in [5.74, 6) is 3.85. The highest BCUT2D eigenvalue weighted by Crippen LogP contribution is 2.27. The quantitative estimate of drug-likeness (QED) is 0.673. The molecule has 0 saturated carbocycles. The Bertz CT molecular complexity index is 1040. The van der Waals surface area contributed by atoms with Gasteiger partial charge in [0.1, 0.15) is 0 Å². The molecule has 1 heterocycles. The Labute approximate surface area is 176 Å². The molecule has 1 unspecified atom stereocenters. The molecular formula is C22H24N2O5S. The van der Waals surface area contributed by atoms with Crippen molar-refractivity contribution < 1.29 is 23.1 Å². The number of morpholine rings is 1. The predicted molar refractivity (Wildman–Crippen MR) is 113 cm³/mol. The number of benzene rings is 2. The highest BCUT2D eigenvalue weighted by molar-refractivity contribution is 7.93. The molecule has 8 heteroatoms. The monoisotopic (exact) mass is 428 g/mol. The zero-order valence-corrected chi connectivity index (χ0v) is 17.3. The van der Waals surface area contributed by atoms with Crippen LogP contribution in [0.3, 0.4) is 0 Å². The van der Waals surface area contributed by atoms with E-state index in [1.165, 1.54) is 12.1 Å². The SMILES string of the molecule is NC(CC#CCN1CCOCC1)(C(=O)O)S(=O)(=O)c1ccc(-c2ccccc2)cc1. The predicted octanol–water partition coefficient (Wildman–Crippen LogP) is 1.59. The zero-order chi connectivity index (χ0) is 21.6. The molecule has 3 rings (SSSR count). The molecule has 158 valence electrons. The first kappa shape index (κ1) is 22.0. The van der Waals surface area contributed by atoms with E-state index in [1.807, 2.05) is 35.2 Å². The van der Waals surface area contributed by atoms with Crippen LogP contribution in [0.1, 0.15) is 6.42 Å². The maximum Gasteiger partial charge on any atom is 0.340 e. The van der Waals surface area contributed by atoms with Crippen LogP contribution in [0.5, 0.6) is 0 Å². The third kappa shape index (κ3) is 4.71. The van der Waals surface area contributed by atoms with Crippen molar-refractivity contribution in [3.8, 4) is 23.0 Å². The molecular weight excluding hydrogens is 404 g/mol. The molecule has 0 bridgehead atoms. The number of hydrogen-bond acceptors (Lipinski definition) is 6. The van der Waals surface area contributed by atoms with Gasteiger partial charge in [-0.2, -0.15) is 0 Å². The largest absolute Gasteiger partial charge is 0.479 e. The normalized spacial score (nSPS) is 16.8. The number of aliphatic carboxylic acids is 1. The van der Waals surface area contributed by atoms with Crippen LogP contribution in [-0.2, 0) is 19.4 Å². The lowest BCUT2D eigenvalue weighted by Crippen LogP contribution is -2.54. The minimum Gasteiger partial charge on any atom is -0.479 e. The number of hydrogen-bond donors (Lipinski definition) is 2. The number of sulfone groups is 1. The van der Waals surface area contributed by atoms with Crippen molar-refractivity contribution in [2.75, 3.05) is 32.8 Å². The third-order valence-electron chi connectivity index (χ3n) is 5.00. The van der Waals surface area contributed by atoms with E-state index in [1.54, 1.807) is 12.1 Å². The van der Waals surface area contributed by atoms with Crippen LogP contribution in [0.25, 0.3) is 11.1 Å². The van der Waals surface area contributed by atoms with E-state index in [4.69, 9.17) is 10.5 Å². The summed E-state index contributed by atoms with van der Waals surface area (Å²) in [6, 6.07) is 15.5. The van der Waals surface area contributed by atoms with Crippen molar-refractivity contribution in [1.82, 2.24) is 4.90 Å². The fourth-order valence-electron chi connectivity index (χ4n) is 3.07. The van der Waals surface area contributed by atoms with E-state index in [2.05, 4.69) is 11.8 Å². The summed E-state index contributed by atoms with van der Waals surface area (Å²) in [6.07, 6.45) is -0.505. The second kappa shape index (κ2) is 9.41. The number of nitrogens with zero attached hydrogens (tertiary/aromatic N) is 1. The molecule has 0 radical (unpaired) electrons. The first-order valence-corrected chi connectivity index (χ1v) is 11.0. The van der Waals surface area contributed by atoms with Gasteiger partial charge in [0.15, 0.2) is 0 Å². The van der Waals surface area contributed by atoms with Crippen molar-refractivity contribution in [2.45, 2.75) is 16.2 Å². The van der Waals surface area contributed by atoms with E-state index in [-0.39, 0.29) is 4.90 Å². The first-order valence-electron chi connectivity index (χ1n) is 9.53. The molecule has 1 aliphatic heterocycles. The van der Waals surface area contributed by atoms with E-state index in [9.17, 15) is 18.3 Å². The minimum atomic E-state index is -4.36. The lowest BCUT2D eigenvalue weighted by Gasteiger charge is -2.24. The standard InChI is InChI=1S/C22H24N2O5S/c23-22(21(25)26,12-4-5-13-24-14-16-29-17-15-24)30(27,28)20-10-8-19(9-11-20)18-6-2-1-3-7-18/h1-3,6-11H,12-17,23H2,(H,25,26). The van der Waals surface area contributed by atoms with Gasteiger partial charge in [0.05, 0.1) is 31.1 Å². The molecule has 0 aliphatic carbocycles. The van der Waals surface area contributed by atoms with E-state index >= 15 is 0 Å². The van der Waals surface area contributed by atoms with Gasteiger partial charge >= 0.3 is 5.97 Å². The minimum absolute atomic E-state index is 0.151. The fraction of sp³-hybridized carbons (Fsp3) is 0.318. The van der Waals surface area contributed by atoms with Crippen LogP contribution in [-0.4, -0.2) is 62.1 Å². The second-order valence-electron chi connectivity index (χ2n) is 7.01. The molecule has 0 spiro atoms. The molecule has 7 nitrogen and oxygen atoms in total. The molecule has 3 N–H and O–H groups in total. The second-order valence-corrected chi connectivity index (χ2v) is 9.21. The summed E-state index contributed by atoms with van der Waals surface area (Å²) in [4.78, 5) is 11.2. The molecule has 2 aromatic carbocycles. The number of rotatable bonds is 6. The van der Waals surface area contributed by atoms with E-state index < -0.39 is 27.1 Å². The van der Waals surface area contributed by atoms with Gasteiger partial charge in [-0.1, -0.05) is 54.3 Å². The van der Waals surface area contributed by atoms with E-state index in [0.29, 0.717) is 19.8 Å². The summed E-state index contributed by atoms with van der Waals surface area (Å²) in [6.45, 7) is 3.10. The lowest BCUT2D eigenvalue weighted by molar-refractivity contribution is -0.139. The number of carbonyl (C=O) groups is 1. The Morgan fingerprint density at radius 1 is 1.03 bits per heavy atom. The fourth-order valence-corrected chi connectivity index (χ4v) is 4.48. The molecule has 30 heavy (non-hydrogen) atoms. The lowest BCUT2D eigenvalue weighted by atomic mass is 10.1. The van der Waals surface area contributed by atoms with Gasteiger partial charge in [-0.25, -0.2) is 13.2 Å². The summed E-state index contributed by atoms with van der Waals surface area (Å²) in [5.41, 5.74) is 7.64. The van der Waals surface area contributed by atoms with Crippen molar-refractivity contribution in [1.29, 1.82) is 0 Å². The average Bonchev–Trinajstić information content (AvgIpc) is 2.77. The Hall–Kier alpha value is -2.70. The number of nitrogens with two attached hydrogens (primary N) is 1. The molecule has 1 saturated heterocycles. The number of ether oxygens (including phenoxy) is 1. The van der Waals surface area contributed by atoms with Crippen LogP contribution >= 0.6 is 0 Å². The Morgan fingerprint density at radius 3 is 2.23 bits per heavy atom. The van der Waals surface area contributed by atoms with Gasteiger partial charge in [0, 0.05) is 13.1 Å². The summed E-state index contributed by atoms with van der Waals surface area (Å²) < 4.78 is 31.3. The van der Waals surface area contributed by atoms with Gasteiger partial charge in [0.25, 0.3) is 0 Å². The van der Waals surface area contributed by atoms with Crippen molar-refractivity contribution in [3.63, 3.8) is 0 Å². The van der Waals surface area contributed by atoms with Crippen LogP contribution in [0, 0.1) is 11.8 Å². The first-order chi connectivity index (χ1) is 14.3. The Morgan fingerprint density at radius 2 is 1.63 bits per heavy atom. The molecule has 0 aromatic heterocycles. The zero-order valence-electron chi connectivity index (χ0n) is 16.5. The third-order valence-corrected chi connectivity index (χ3v) is 7.17. The summed E-state index contributed by atoms with van der Waals surface area (Å²) in [7, 11) is -4.36. The maximum absolute atomic E-state index is 13.0. The van der Waals surface area contributed by atoms with Crippen LogP contribution in [0.15, 0.2) is 59.5 Å². The molecule has 1 aliphatic rings. The topological polar surface area (TPSA) is 110 Å². The molecule has 1 atom stereocenters. The molecule has 2 aromatic rings. The van der Waals surface area contributed by atoms with Crippen molar-refractivity contribution in [3.05, 3.63) is 54.6 Å². The highest BCUT2D eigenvalue weighted by Gasteiger charge is 2.48. The Kier molecular flexibility index (Phi) is 6.90. The summed E-state index contributed by atoms with van der Waals surface area (Å²) in [5, 5.41) is 9.61. The van der Waals surface area contributed by atoms with E-state index in [0.717, 1.165) is 24.2 Å². The van der Waals surface area contributed by atoms with Gasteiger partial charge < -0.3 is 15.6 Å². The van der Waals surface area contributed by atoms with Gasteiger partial charge in [-0.05, 0) is 23.3 Å². The smallest absolute Gasteiger partial charge is 0.340 e. The molecule has 1 fully saturated rings. The number of carboxylic acid groups (broad SMARTS) is 1. The van der Waals surface area contributed by atoms with Crippen molar-refractivity contribution >= 4 is 15.8 Å². The van der Waals surface area contributed by atoms with Gasteiger partial charge in [0.2, 0.25) is 14.7 Å². The van der Waals surface area contributed by atoms with Gasteiger partial charge in [-0.3, -0.25) is 4.90 Å². The maximum atomic E-state index is 13.0. The van der Waals surface area contributed by atoms with Crippen LogP contribution < -0.4 is 5.73 Å². The Balaban J connectivity index is 1.79. The molecule has 0 amide bonds. The average molecular weight is 429 g/mol.